The number of hydrogen-bond donors (Lipinski definition) is 1. The SMILES string of the molecule is Cc1cc(Cl)ccc1OCCCN=C(N)N1CCSCC1.I. The molecule has 1 aromatic rings. The summed E-state index contributed by atoms with van der Waals surface area (Å²) in [5, 5.41) is 0.733. The minimum atomic E-state index is 0. The van der Waals surface area contributed by atoms with Crippen molar-refractivity contribution in [1.82, 2.24) is 4.90 Å². The largest absolute Gasteiger partial charge is 0.493 e. The third kappa shape index (κ3) is 6.42. The van der Waals surface area contributed by atoms with Crippen molar-refractivity contribution in [3.05, 3.63) is 28.8 Å². The van der Waals surface area contributed by atoms with Gasteiger partial charge >= 0.3 is 0 Å². The molecule has 22 heavy (non-hydrogen) atoms. The second kappa shape index (κ2) is 10.4. The molecule has 2 N–H and O–H groups in total. The monoisotopic (exact) mass is 455 g/mol. The van der Waals surface area contributed by atoms with Crippen molar-refractivity contribution in [1.29, 1.82) is 0 Å². The van der Waals surface area contributed by atoms with Crippen molar-refractivity contribution >= 4 is 53.3 Å². The number of aryl methyl sites for hydroxylation is 1. The summed E-state index contributed by atoms with van der Waals surface area (Å²) in [6, 6.07) is 5.65. The molecule has 124 valence electrons. The molecule has 1 aliphatic rings. The van der Waals surface area contributed by atoms with Crippen LogP contribution in [-0.4, -0.2) is 48.6 Å². The van der Waals surface area contributed by atoms with Crippen LogP contribution in [-0.2, 0) is 0 Å². The predicted molar refractivity (Wildman–Crippen MR) is 107 cm³/mol. The number of thioether (sulfide) groups is 1. The van der Waals surface area contributed by atoms with E-state index in [1.165, 1.54) is 0 Å². The van der Waals surface area contributed by atoms with Crippen molar-refractivity contribution in [2.24, 2.45) is 10.7 Å². The molecule has 1 saturated heterocycles. The van der Waals surface area contributed by atoms with Gasteiger partial charge in [0.1, 0.15) is 5.75 Å². The number of ether oxygens (including phenoxy) is 1. The van der Waals surface area contributed by atoms with Crippen molar-refractivity contribution < 1.29 is 4.74 Å². The summed E-state index contributed by atoms with van der Waals surface area (Å²) < 4.78 is 5.73. The van der Waals surface area contributed by atoms with Crippen LogP contribution < -0.4 is 10.5 Å². The smallest absolute Gasteiger partial charge is 0.191 e. The molecule has 2 rings (SSSR count). The zero-order valence-corrected chi connectivity index (χ0v) is 16.7. The van der Waals surface area contributed by atoms with E-state index in [-0.39, 0.29) is 24.0 Å². The van der Waals surface area contributed by atoms with Gasteiger partial charge in [-0.1, -0.05) is 11.6 Å². The zero-order valence-electron chi connectivity index (χ0n) is 12.8. The van der Waals surface area contributed by atoms with Gasteiger partial charge in [0.15, 0.2) is 5.96 Å². The van der Waals surface area contributed by atoms with Crippen molar-refractivity contribution in [3.63, 3.8) is 0 Å². The predicted octanol–water partition coefficient (Wildman–Crippen LogP) is 3.40. The number of hydrogen-bond acceptors (Lipinski definition) is 3. The number of halogens is 2. The van der Waals surface area contributed by atoms with Crippen LogP contribution in [0.25, 0.3) is 0 Å². The molecule has 1 aliphatic heterocycles. The molecule has 1 fully saturated rings. The third-order valence-corrected chi connectivity index (χ3v) is 4.48. The van der Waals surface area contributed by atoms with E-state index in [1.807, 2.05) is 36.9 Å². The van der Waals surface area contributed by atoms with Crippen LogP contribution in [0.15, 0.2) is 23.2 Å². The highest BCUT2D eigenvalue weighted by molar-refractivity contribution is 14.0. The van der Waals surface area contributed by atoms with E-state index in [9.17, 15) is 0 Å². The van der Waals surface area contributed by atoms with E-state index in [2.05, 4.69) is 9.89 Å². The second-order valence-electron chi connectivity index (χ2n) is 4.95. The Morgan fingerprint density at radius 3 is 2.82 bits per heavy atom. The van der Waals surface area contributed by atoms with Gasteiger partial charge < -0.3 is 15.4 Å². The minimum absolute atomic E-state index is 0. The first-order chi connectivity index (χ1) is 10.2. The van der Waals surface area contributed by atoms with Crippen LogP contribution in [0.4, 0.5) is 0 Å². The first-order valence-electron chi connectivity index (χ1n) is 7.18. The van der Waals surface area contributed by atoms with Crippen LogP contribution >= 0.6 is 47.3 Å². The molecular weight excluding hydrogens is 433 g/mol. The van der Waals surface area contributed by atoms with E-state index in [0.717, 1.165) is 47.4 Å². The lowest BCUT2D eigenvalue weighted by Crippen LogP contribution is -2.42. The topological polar surface area (TPSA) is 50.9 Å². The summed E-state index contributed by atoms with van der Waals surface area (Å²) in [4.78, 5) is 6.58. The molecule has 4 nitrogen and oxygen atoms in total. The maximum Gasteiger partial charge on any atom is 0.191 e. The van der Waals surface area contributed by atoms with Crippen molar-refractivity contribution in [2.45, 2.75) is 13.3 Å². The Labute approximate surface area is 158 Å². The zero-order chi connectivity index (χ0) is 15.1. The van der Waals surface area contributed by atoms with Crippen molar-refractivity contribution in [3.8, 4) is 5.75 Å². The first kappa shape index (κ1) is 19.7. The van der Waals surface area contributed by atoms with Crippen LogP contribution in [0, 0.1) is 6.92 Å². The Morgan fingerprint density at radius 1 is 1.41 bits per heavy atom. The highest BCUT2D eigenvalue weighted by Gasteiger charge is 2.11. The van der Waals surface area contributed by atoms with Crippen LogP contribution in [0.1, 0.15) is 12.0 Å². The normalized spacial score (nSPS) is 15.4. The molecule has 0 amide bonds. The van der Waals surface area contributed by atoms with E-state index in [0.29, 0.717) is 19.1 Å². The molecule has 0 aliphatic carbocycles. The fraction of sp³-hybridized carbons (Fsp3) is 0.533. The van der Waals surface area contributed by atoms with Crippen LogP contribution in [0.3, 0.4) is 0 Å². The number of benzene rings is 1. The fourth-order valence-electron chi connectivity index (χ4n) is 2.11. The summed E-state index contributed by atoms with van der Waals surface area (Å²) in [5.41, 5.74) is 7.05. The molecule has 0 aromatic heterocycles. The van der Waals surface area contributed by atoms with Gasteiger partial charge in [-0.25, -0.2) is 0 Å². The molecule has 0 atom stereocenters. The van der Waals surface area contributed by atoms with Crippen LogP contribution in [0.5, 0.6) is 5.75 Å². The van der Waals surface area contributed by atoms with Gasteiger partial charge in [0.2, 0.25) is 0 Å². The summed E-state index contributed by atoms with van der Waals surface area (Å²) in [7, 11) is 0. The van der Waals surface area contributed by atoms with Gasteiger partial charge in [-0.2, -0.15) is 11.8 Å². The molecule has 0 spiro atoms. The highest BCUT2D eigenvalue weighted by atomic mass is 127. The Balaban J connectivity index is 0.00000242. The molecule has 0 unspecified atom stereocenters. The Bertz CT molecular complexity index is 496. The van der Waals surface area contributed by atoms with Gasteiger partial charge in [-0.3, -0.25) is 4.99 Å². The molecule has 1 aromatic carbocycles. The van der Waals surface area contributed by atoms with Crippen LogP contribution in [0.2, 0.25) is 5.02 Å². The summed E-state index contributed by atoms with van der Waals surface area (Å²) >= 11 is 7.88. The number of guanidine groups is 1. The second-order valence-corrected chi connectivity index (χ2v) is 6.61. The van der Waals surface area contributed by atoms with Gasteiger partial charge in [-0.05, 0) is 30.7 Å². The summed E-state index contributed by atoms with van der Waals surface area (Å²) in [6.45, 7) is 5.32. The Kier molecular flexibility index (Phi) is 9.35. The summed E-state index contributed by atoms with van der Waals surface area (Å²) in [6.07, 6.45) is 0.853. The number of nitrogens with two attached hydrogens (primary N) is 1. The van der Waals surface area contributed by atoms with E-state index in [4.69, 9.17) is 22.1 Å². The minimum Gasteiger partial charge on any atom is -0.493 e. The third-order valence-electron chi connectivity index (χ3n) is 3.31. The highest BCUT2D eigenvalue weighted by Crippen LogP contribution is 2.21. The van der Waals surface area contributed by atoms with E-state index >= 15 is 0 Å². The summed E-state index contributed by atoms with van der Waals surface area (Å²) in [5.74, 6) is 3.81. The standard InChI is InChI=1S/C15H22ClN3OS.HI/c1-12-11-13(16)3-4-14(12)20-8-2-5-18-15(17)19-6-9-21-10-7-19;/h3-4,11H,2,5-10H2,1H3,(H2,17,18);1H. The lowest BCUT2D eigenvalue weighted by molar-refractivity contribution is 0.311. The first-order valence-corrected chi connectivity index (χ1v) is 8.71. The number of nitrogens with zero attached hydrogens (tertiary/aromatic N) is 2. The maximum absolute atomic E-state index is 5.99. The quantitative estimate of drug-likeness (QED) is 0.320. The molecule has 7 heteroatoms. The average molecular weight is 456 g/mol. The number of rotatable bonds is 5. The van der Waals surface area contributed by atoms with Gasteiger partial charge in [0.25, 0.3) is 0 Å². The molecule has 1 heterocycles. The van der Waals surface area contributed by atoms with Gasteiger partial charge in [0, 0.05) is 42.6 Å². The maximum atomic E-state index is 5.99. The fourth-order valence-corrected chi connectivity index (χ4v) is 3.24. The lowest BCUT2D eigenvalue weighted by atomic mass is 10.2. The Hall–Kier alpha value is -0.340. The lowest BCUT2D eigenvalue weighted by Gasteiger charge is -2.27. The van der Waals surface area contributed by atoms with Crippen molar-refractivity contribution in [2.75, 3.05) is 37.7 Å². The molecule has 0 saturated carbocycles. The average Bonchev–Trinajstić information content (AvgIpc) is 2.49. The van der Waals surface area contributed by atoms with E-state index < -0.39 is 0 Å². The van der Waals surface area contributed by atoms with E-state index in [1.54, 1.807) is 0 Å². The van der Waals surface area contributed by atoms with Gasteiger partial charge in [-0.15, -0.1) is 24.0 Å². The van der Waals surface area contributed by atoms with Gasteiger partial charge in [0.05, 0.1) is 6.61 Å². The molecule has 0 radical (unpaired) electrons. The Morgan fingerprint density at radius 2 is 2.14 bits per heavy atom. The molecule has 0 bridgehead atoms. The number of aliphatic imine (C=N–C) groups is 1. The molecular formula is C15H23ClIN3OS.